The average Bonchev–Trinajstić information content (AvgIpc) is 2.87. The first-order valence-corrected chi connectivity index (χ1v) is 12.3. The second kappa shape index (κ2) is 11.1. The summed E-state index contributed by atoms with van der Waals surface area (Å²) >= 11 is 0. The van der Waals surface area contributed by atoms with Crippen LogP contribution in [-0.4, -0.2) is 41.1 Å². The third-order valence-corrected chi connectivity index (χ3v) is 7.34. The molecule has 3 aromatic carbocycles. The summed E-state index contributed by atoms with van der Waals surface area (Å²) in [7, 11) is -1.22. The molecule has 0 atom stereocenters. The van der Waals surface area contributed by atoms with Crippen LogP contribution < -0.4 is 14.4 Å². The van der Waals surface area contributed by atoms with E-state index in [1.54, 1.807) is 67.6 Å². The van der Waals surface area contributed by atoms with Crippen molar-refractivity contribution >= 4 is 27.6 Å². The summed E-state index contributed by atoms with van der Waals surface area (Å²) < 4.78 is 38.3. The van der Waals surface area contributed by atoms with Gasteiger partial charge in [-0.05, 0) is 73.0 Å². The smallest absolute Gasteiger partial charge is 0.337 e. The van der Waals surface area contributed by atoms with Gasteiger partial charge in [0.1, 0.15) is 12.3 Å². The Morgan fingerprint density at radius 2 is 1.57 bits per heavy atom. The summed E-state index contributed by atoms with van der Waals surface area (Å²) in [4.78, 5) is 24.6. The number of benzene rings is 3. The number of carbonyl (C=O) groups excluding carboxylic acids is 2. The number of rotatable bonds is 9. The molecule has 0 bridgehead atoms. The lowest BCUT2D eigenvalue weighted by atomic mass is 10.1. The van der Waals surface area contributed by atoms with Gasteiger partial charge in [-0.15, -0.1) is 0 Å². The molecule has 0 aliphatic rings. The summed E-state index contributed by atoms with van der Waals surface area (Å²) in [6.07, 6.45) is 0. The maximum Gasteiger partial charge on any atom is 0.337 e. The van der Waals surface area contributed by atoms with Crippen molar-refractivity contribution in [2.45, 2.75) is 25.3 Å². The molecule has 0 spiro atoms. The number of methoxy groups -OCH3 is 2. The SMILES string of the molecule is COC(=O)c1ccc(CNC(=O)CN(c2ccc(OC)cc2)S(=O)(=O)c2cc(C)ccc2C)cc1. The van der Waals surface area contributed by atoms with Crippen LogP contribution in [-0.2, 0) is 26.1 Å². The molecule has 3 rings (SSSR count). The topological polar surface area (TPSA) is 102 Å². The third kappa shape index (κ3) is 6.19. The van der Waals surface area contributed by atoms with E-state index in [0.717, 1.165) is 15.4 Å². The number of amides is 1. The zero-order valence-electron chi connectivity index (χ0n) is 20.1. The van der Waals surface area contributed by atoms with Gasteiger partial charge in [0.15, 0.2) is 0 Å². The van der Waals surface area contributed by atoms with Crippen LogP contribution in [0, 0.1) is 13.8 Å². The van der Waals surface area contributed by atoms with Crippen molar-refractivity contribution in [2.75, 3.05) is 25.1 Å². The van der Waals surface area contributed by atoms with E-state index in [9.17, 15) is 18.0 Å². The van der Waals surface area contributed by atoms with Gasteiger partial charge in [-0.25, -0.2) is 13.2 Å². The van der Waals surface area contributed by atoms with E-state index in [2.05, 4.69) is 10.1 Å². The number of anilines is 1. The van der Waals surface area contributed by atoms with Crippen LogP contribution in [0.5, 0.6) is 5.75 Å². The Morgan fingerprint density at radius 3 is 2.17 bits per heavy atom. The Morgan fingerprint density at radius 1 is 0.914 bits per heavy atom. The number of esters is 1. The predicted octanol–water partition coefficient (Wildman–Crippen LogP) is 3.61. The number of nitrogens with one attached hydrogen (secondary N) is 1. The maximum atomic E-state index is 13.7. The third-order valence-electron chi connectivity index (χ3n) is 5.42. The summed E-state index contributed by atoms with van der Waals surface area (Å²) in [6.45, 7) is 3.29. The van der Waals surface area contributed by atoms with Gasteiger partial charge in [-0.1, -0.05) is 24.3 Å². The highest BCUT2D eigenvalue weighted by Crippen LogP contribution is 2.28. The van der Waals surface area contributed by atoms with Crippen LogP contribution in [0.4, 0.5) is 5.69 Å². The Balaban J connectivity index is 1.84. The van der Waals surface area contributed by atoms with Crippen LogP contribution in [0.1, 0.15) is 27.0 Å². The Bertz CT molecular complexity index is 1300. The van der Waals surface area contributed by atoms with Crippen molar-refractivity contribution in [3.63, 3.8) is 0 Å². The number of carbonyl (C=O) groups is 2. The molecule has 0 saturated carbocycles. The maximum absolute atomic E-state index is 13.7. The number of aryl methyl sites for hydroxylation is 2. The summed E-state index contributed by atoms with van der Waals surface area (Å²) in [5.41, 5.74) is 2.86. The van der Waals surface area contributed by atoms with E-state index in [-0.39, 0.29) is 11.4 Å². The normalized spacial score (nSPS) is 11.0. The van der Waals surface area contributed by atoms with E-state index in [4.69, 9.17) is 4.74 Å². The van der Waals surface area contributed by atoms with Crippen molar-refractivity contribution in [1.29, 1.82) is 0 Å². The number of hydrogen-bond donors (Lipinski definition) is 1. The standard InChI is InChI=1S/C26H28N2O6S/c1-18-5-6-19(2)24(15-18)35(31,32)28(22-11-13-23(33-3)14-12-22)17-25(29)27-16-20-7-9-21(10-8-20)26(30)34-4/h5-15H,16-17H2,1-4H3,(H,27,29). The second-order valence-corrected chi connectivity index (χ2v) is 9.77. The van der Waals surface area contributed by atoms with Crippen molar-refractivity contribution in [3.05, 3.63) is 89.0 Å². The molecule has 35 heavy (non-hydrogen) atoms. The largest absolute Gasteiger partial charge is 0.497 e. The minimum Gasteiger partial charge on any atom is -0.497 e. The molecule has 1 amide bonds. The van der Waals surface area contributed by atoms with Gasteiger partial charge in [0, 0.05) is 6.54 Å². The first kappa shape index (κ1) is 25.8. The van der Waals surface area contributed by atoms with Gasteiger partial charge in [-0.2, -0.15) is 0 Å². The number of nitrogens with zero attached hydrogens (tertiary/aromatic N) is 1. The van der Waals surface area contributed by atoms with Crippen molar-refractivity contribution in [3.8, 4) is 5.75 Å². The summed E-state index contributed by atoms with van der Waals surface area (Å²) in [5.74, 6) is -0.364. The molecule has 1 N–H and O–H groups in total. The fourth-order valence-electron chi connectivity index (χ4n) is 3.43. The van der Waals surface area contributed by atoms with Crippen LogP contribution in [0.3, 0.4) is 0 Å². The van der Waals surface area contributed by atoms with Gasteiger partial charge in [0.05, 0.1) is 30.4 Å². The van der Waals surface area contributed by atoms with Gasteiger partial charge >= 0.3 is 5.97 Å². The van der Waals surface area contributed by atoms with Crippen LogP contribution in [0.2, 0.25) is 0 Å². The molecule has 0 saturated heterocycles. The fraction of sp³-hybridized carbons (Fsp3) is 0.231. The lowest BCUT2D eigenvalue weighted by molar-refractivity contribution is -0.119. The molecule has 0 fully saturated rings. The number of sulfonamides is 1. The fourth-order valence-corrected chi connectivity index (χ4v) is 5.16. The molecule has 0 aliphatic heterocycles. The summed E-state index contributed by atoms with van der Waals surface area (Å²) in [6, 6.07) is 18.2. The highest BCUT2D eigenvalue weighted by Gasteiger charge is 2.28. The lowest BCUT2D eigenvalue weighted by Gasteiger charge is -2.25. The minimum absolute atomic E-state index is 0.138. The molecular weight excluding hydrogens is 468 g/mol. The van der Waals surface area contributed by atoms with Crippen molar-refractivity contribution in [1.82, 2.24) is 5.32 Å². The lowest BCUT2D eigenvalue weighted by Crippen LogP contribution is -2.41. The number of ether oxygens (including phenoxy) is 2. The van der Waals surface area contributed by atoms with Crippen LogP contribution in [0.15, 0.2) is 71.6 Å². The zero-order chi connectivity index (χ0) is 25.6. The highest BCUT2D eigenvalue weighted by molar-refractivity contribution is 7.93. The molecule has 0 radical (unpaired) electrons. The molecule has 3 aromatic rings. The molecule has 0 aromatic heterocycles. The molecule has 8 nitrogen and oxygen atoms in total. The Hall–Kier alpha value is -3.85. The molecule has 184 valence electrons. The second-order valence-electron chi connectivity index (χ2n) is 7.94. The molecule has 0 heterocycles. The van der Waals surface area contributed by atoms with E-state index >= 15 is 0 Å². The highest BCUT2D eigenvalue weighted by atomic mass is 32.2. The van der Waals surface area contributed by atoms with Gasteiger partial charge in [0.25, 0.3) is 10.0 Å². The molecule has 0 aliphatic carbocycles. The summed E-state index contributed by atoms with van der Waals surface area (Å²) in [5, 5.41) is 2.75. The zero-order valence-corrected chi connectivity index (χ0v) is 20.9. The van der Waals surface area contributed by atoms with E-state index < -0.39 is 28.4 Å². The van der Waals surface area contributed by atoms with Gasteiger partial charge in [0.2, 0.25) is 5.91 Å². The molecule has 0 unspecified atom stereocenters. The first-order chi connectivity index (χ1) is 16.6. The van der Waals surface area contributed by atoms with Crippen LogP contribution in [0.25, 0.3) is 0 Å². The first-order valence-electron chi connectivity index (χ1n) is 10.8. The average molecular weight is 497 g/mol. The minimum atomic E-state index is -4.04. The molecular formula is C26H28N2O6S. The van der Waals surface area contributed by atoms with E-state index in [1.807, 2.05) is 13.0 Å². The predicted molar refractivity (Wildman–Crippen MR) is 133 cm³/mol. The van der Waals surface area contributed by atoms with E-state index in [0.29, 0.717) is 22.6 Å². The Kier molecular flexibility index (Phi) is 8.14. The quantitative estimate of drug-likeness (QED) is 0.454. The van der Waals surface area contributed by atoms with Crippen molar-refractivity contribution in [2.24, 2.45) is 0 Å². The van der Waals surface area contributed by atoms with Crippen molar-refractivity contribution < 1.29 is 27.5 Å². The number of hydrogen-bond acceptors (Lipinski definition) is 6. The Labute approximate surface area is 205 Å². The van der Waals surface area contributed by atoms with Gasteiger partial charge < -0.3 is 14.8 Å². The van der Waals surface area contributed by atoms with E-state index in [1.165, 1.54) is 14.2 Å². The van der Waals surface area contributed by atoms with Crippen LogP contribution >= 0.6 is 0 Å². The molecule has 9 heteroatoms. The monoisotopic (exact) mass is 496 g/mol. The van der Waals surface area contributed by atoms with Gasteiger partial charge in [-0.3, -0.25) is 9.10 Å².